The summed E-state index contributed by atoms with van der Waals surface area (Å²) in [6, 6.07) is 6.15. The van der Waals surface area contributed by atoms with Crippen LogP contribution in [0.2, 0.25) is 0 Å². The number of nitrogens with zero attached hydrogens (tertiary/aromatic N) is 1. The number of para-hydroxylation sites is 1. The third-order valence-electron chi connectivity index (χ3n) is 3.16. The van der Waals surface area contributed by atoms with Gasteiger partial charge in [0.25, 0.3) is 0 Å². The molecule has 1 aromatic carbocycles. The SMILES string of the molecule is Cc1cccc2c(Cc3oncc3C=O)c[nH]c12. The summed E-state index contributed by atoms with van der Waals surface area (Å²) < 4.78 is 5.11. The Kier molecular flexibility index (Phi) is 2.48. The van der Waals surface area contributed by atoms with Gasteiger partial charge in [0, 0.05) is 23.5 Å². The number of nitrogens with one attached hydrogen (secondary N) is 1. The number of hydrogen-bond donors (Lipinski definition) is 1. The van der Waals surface area contributed by atoms with Gasteiger partial charge in [-0.2, -0.15) is 0 Å². The van der Waals surface area contributed by atoms with Crippen LogP contribution in [-0.2, 0) is 6.42 Å². The molecule has 4 nitrogen and oxygen atoms in total. The van der Waals surface area contributed by atoms with E-state index < -0.39 is 0 Å². The van der Waals surface area contributed by atoms with E-state index in [-0.39, 0.29) is 0 Å². The van der Waals surface area contributed by atoms with Crippen LogP contribution in [-0.4, -0.2) is 16.4 Å². The van der Waals surface area contributed by atoms with Gasteiger partial charge in [0.2, 0.25) is 0 Å². The Morgan fingerprint density at radius 3 is 3.17 bits per heavy atom. The third-order valence-corrected chi connectivity index (χ3v) is 3.16. The summed E-state index contributed by atoms with van der Waals surface area (Å²) in [6.07, 6.45) is 4.74. The molecule has 0 bridgehead atoms. The summed E-state index contributed by atoms with van der Waals surface area (Å²) in [5.41, 5.74) is 3.94. The predicted molar refractivity (Wildman–Crippen MR) is 67.7 cm³/mol. The highest BCUT2D eigenvalue weighted by atomic mass is 16.5. The molecule has 0 aliphatic rings. The van der Waals surface area contributed by atoms with Crippen molar-refractivity contribution in [2.45, 2.75) is 13.3 Å². The van der Waals surface area contributed by atoms with Crippen LogP contribution in [0.4, 0.5) is 0 Å². The number of aryl methyl sites for hydroxylation is 1. The zero-order valence-electron chi connectivity index (χ0n) is 9.93. The molecule has 1 N–H and O–H groups in total. The summed E-state index contributed by atoms with van der Waals surface area (Å²) in [7, 11) is 0. The van der Waals surface area contributed by atoms with Crippen LogP contribution >= 0.6 is 0 Å². The maximum Gasteiger partial charge on any atom is 0.155 e. The van der Waals surface area contributed by atoms with Gasteiger partial charge in [-0.05, 0) is 18.1 Å². The van der Waals surface area contributed by atoms with Gasteiger partial charge in [0.05, 0.1) is 11.8 Å². The normalized spacial score (nSPS) is 10.9. The lowest BCUT2D eigenvalue weighted by Crippen LogP contribution is -1.89. The van der Waals surface area contributed by atoms with Crippen LogP contribution in [0.3, 0.4) is 0 Å². The fourth-order valence-corrected chi connectivity index (χ4v) is 2.19. The summed E-state index contributed by atoms with van der Waals surface area (Å²) in [4.78, 5) is 14.1. The van der Waals surface area contributed by atoms with E-state index in [0.29, 0.717) is 17.7 Å². The molecular formula is C14H12N2O2. The molecule has 4 heteroatoms. The van der Waals surface area contributed by atoms with Crippen molar-refractivity contribution in [1.82, 2.24) is 10.1 Å². The van der Waals surface area contributed by atoms with E-state index >= 15 is 0 Å². The van der Waals surface area contributed by atoms with Crippen LogP contribution in [0.15, 0.2) is 35.1 Å². The highest BCUT2D eigenvalue weighted by Crippen LogP contribution is 2.24. The predicted octanol–water partition coefficient (Wildman–Crippen LogP) is 2.87. The maximum atomic E-state index is 10.8. The van der Waals surface area contributed by atoms with Crippen LogP contribution < -0.4 is 0 Å². The summed E-state index contributed by atoms with van der Waals surface area (Å²) in [5.74, 6) is 0.604. The topological polar surface area (TPSA) is 58.9 Å². The molecule has 0 unspecified atom stereocenters. The highest BCUT2D eigenvalue weighted by molar-refractivity contribution is 5.86. The summed E-state index contributed by atoms with van der Waals surface area (Å²) in [6.45, 7) is 2.06. The van der Waals surface area contributed by atoms with Crippen molar-refractivity contribution in [3.05, 3.63) is 53.0 Å². The van der Waals surface area contributed by atoms with Crippen molar-refractivity contribution in [3.8, 4) is 0 Å². The number of H-pyrrole nitrogens is 1. The Labute approximate surface area is 104 Å². The van der Waals surface area contributed by atoms with Gasteiger partial charge in [-0.25, -0.2) is 0 Å². The van der Waals surface area contributed by atoms with Gasteiger partial charge >= 0.3 is 0 Å². The molecule has 3 rings (SSSR count). The van der Waals surface area contributed by atoms with Gasteiger partial charge in [0.15, 0.2) is 12.0 Å². The number of aromatic amines is 1. The van der Waals surface area contributed by atoms with Crippen LogP contribution in [0.25, 0.3) is 10.9 Å². The molecule has 0 saturated heterocycles. The fraction of sp³-hybridized carbons (Fsp3) is 0.143. The van der Waals surface area contributed by atoms with Crippen molar-refractivity contribution in [1.29, 1.82) is 0 Å². The van der Waals surface area contributed by atoms with Crippen molar-refractivity contribution in [3.63, 3.8) is 0 Å². The number of fused-ring (bicyclic) bond motifs is 1. The molecule has 18 heavy (non-hydrogen) atoms. The van der Waals surface area contributed by atoms with Crippen molar-refractivity contribution in [2.24, 2.45) is 0 Å². The largest absolute Gasteiger partial charge is 0.361 e. The van der Waals surface area contributed by atoms with Crippen molar-refractivity contribution < 1.29 is 9.32 Å². The molecule has 0 fully saturated rings. The van der Waals surface area contributed by atoms with E-state index in [9.17, 15) is 4.79 Å². The van der Waals surface area contributed by atoms with Crippen LogP contribution in [0.5, 0.6) is 0 Å². The molecule has 0 aliphatic carbocycles. The third kappa shape index (κ3) is 1.62. The Balaban J connectivity index is 2.06. The van der Waals surface area contributed by atoms with Crippen molar-refractivity contribution in [2.75, 3.05) is 0 Å². The van der Waals surface area contributed by atoms with E-state index in [0.717, 1.165) is 22.8 Å². The van der Waals surface area contributed by atoms with Gasteiger partial charge in [0.1, 0.15) is 0 Å². The molecule has 0 radical (unpaired) electrons. The minimum absolute atomic E-state index is 0.511. The first-order chi connectivity index (χ1) is 8.79. The molecular weight excluding hydrogens is 228 g/mol. The lowest BCUT2D eigenvalue weighted by molar-refractivity contribution is 0.112. The molecule has 0 saturated carbocycles. The van der Waals surface area contributed by atoms with Crippen LogP contribution in [0.1, 0.15) is 27.2 Å². The minimum Gasteiger partial charge on any atom is -0.361 e. The van der Waals surface area contributed by atoms with E-state index in [4.69, 9.17) is 4.52 Å². The van der Waals surface area contributed by atoms with Gasteiger partial charge < -0.3 is 9.51 Å². The molecule has 0 atom stereocenters. The van der Waals surface area contributed by atoms with E-state index in [1.54, 1.807) is 0 Å². The summed E-state index contributed by atoms with van der Waals surface area (Å²) >= 11 is 0. The second-order valence-corrected chi connectivity index (χ2v) is 4.31. The average Bonchev–Trinajstić information content (AvgIpc) is 2.98. The van der Waals surface area contributed by atoms with E-state index in [2.05, 4.69) is 29.2 Å². The second kappa shape index (κ2) is 4.14. The first-order valence-corrected chi connectivity index (χ1v) is 5.74. The first kappa shape index (κ1) is 10.8. The lowest BCUT2D eigenvalue weighted by atomic mass is 10.1. The van der Waals surface area contributed by atoms with Gasteiger partial charge in [-0.1, -0.05) is 23.4 Å². The molecule has 2 aromatic heterocycles. The second-order valence-electron chi connectivity index (χ2n) is 4.31. The van der Waals surface area contributed by atoms with E-state index in [1.807, 2.05) is 12.3 Å². The number of hydrogen-bond acceptors (Lipinski definition) is 3. The summed E-state index contributed by atoms with van der Waals surface area (Å²) in [5, 5.41) is 4.81. The first-order valence-electron chi connectivity index (χ1n) is 5.74. The average molecular weight is 240 g/mol. The number of carbonyl (C=O) groups is 1. The number of aromatic nitrogens is 2. The van der Waals surface area contributed by atoms with Gasteiger partial charge in [-0.3, -0.25) is 4.79 Å². The van der Waals surface area contributed by atoms with Crippen LogP contribution in [0, 0.1) is 6.92 Å². The Bertz CT molecular complexity index is 709. The van der Waals surface area contributed by atoms with Crippen molar-refractivity contribution >= 4 is 17.2 Å². The fourth-order valence-electron chi connectivity index (χ4n) is 2.19. The monoisotopic (exact) mass is 240 g/mol. The highest BCUT2D eigenvalue weighted by Gasteiger charge is 2.12. The zero-order valence-corrected chi connectivity index (χ0v) is 9.93. The number of rotatable bonds is 3. The maximum absolute atomic E-state index is 10.8. The molecule has 0 aliphatic heterocycles. The minimum atomic E-state index is 0.511. The molecule has 0 spiro atoms. The molecule has 90 valence electrons. The van der Waals surface area contributed by atoms with Gasteiger partial charge in [-0.15, -0.1) is 0 Å². The zero-order chi connectivity index (χ0) is 12.5. The molecule has 3 aromatic rings. The number of aldehydes is 1. The lowest BCUT2D eigenvalue weighted by Gasteiger charge is -1.98. The molecule has 2 heterocycles. The Morgan fingerprint density at radius 1 is 1.44 bits per heavy atom. The Hall–Kier alpha value is -2.36. The quantitative estimate of drug-likeness (QED) is 0.716. The standard InChI is InChI=1S/C14H12N2O2/c1-9-3-2-4-12-10(6-15-14(9)12)5-13-11(8-17)7-16-18-13/h2-4,6-8,15H,5H2,1H3. The molecule has 0 amide bonds. The number of benzene rings is 1. The smallest absolute Gasteiger partial charge is 0.155 e. The Morgan fingerprint density at radius 2 is 2.33 bits per heavy atom. The number of carbonyl (C=O) groups excluding carboxylic acids is 1. The van der Waals surface area contributed by atoms with E-state index in [1.165, 1.54) is 11.8 Å².